The minimum Gasteiger partial charge on any atom is -0.383 e. The van der Waals surface area contributed by atoms with Gasteiger partial charge in [-0.05, 0) is 19.8 Å². The number of carbonyl (C=O) groups excluding carboxylic acids is 1. The van der Waals surface area contributed by atoms with E-state index in [0.717, 1.165) is 12.8 Å². The molecule has 1 amide bonds. The van der Waals surface area contributed by atoms with Gasteiger partial charge in [0, 0.05) is 19.2 Å². The first-order valence-electron chi connectivity index (χ1n) is 8.21. The van der Waals surface area contributed by atoms with Gasteiger partial charge in [0.2, 0.25) is 0 Å². The number of rotatable bonds is 8. The Morgan fingerprint density at radius 2 is 1.96 bits per heavy atom. The summed E-state index contributed by atoms with van der Waals surface area (Å²) in [7, 11) is 0. The van der Waals surface area contributed by atoms with Crippen LogP contribution in [0, 0.1) is 0 Å². The number of nitrogens with two attached hydrogens (primary N) is 1. The van der Waals surface area contributed by atoms with Crippen LogP contribution in [0.3, 0.4) is 0 Å². The van der Waals surface area contributed by atoms with E-state index in [1.807, 2.05) is 20.8 Å². The Hall–Kier alpha value is -2.57. The molecule has 0 aliphatic carbocycles. The number of hydrogen-bond donors (Lipinski definition) is 2. The van der Waals surface area contributed by atoms with Crippen molar-refractivity contribution in [2.75, 3.05) is 17.2 Å². The molecule has 0 unspecified atom stereocenters. The largest absolute Gasteiger partial charge is 0.383 e. The average Bonchev–Trinajstić information content (AvgIpc) is 2.53. The Kier molecular flexibility index (Phi) is 7.74. The molecule has 0 aliphatic rings. The number of carbonyl (C=O) groups is 1. The molecule has 0 fully saturated rings. The number of H-pyrrole nitrogens is 1. The summed E-state index contributed by atoms with van der Waals surface area (Å²) in [4.78, 5) is 40.2. The van der Waals surface area contributed by atoms with Gasteiger partial charge in [-0.3, -0.25) is 19.1 Å². The standard InChI is InChI=1S/C17H26N4O3/c1-4-7-9-10-13(22)20(11-6-3)14-15(18)21(12-8-5-2)17(24)19-16(14)23/h4,7,9-10H,5-6,8,11-12,18H2,1-3H3,(H,19,23,24)/b7-4+,10-9+. The van der Waals surface area contributed by atoms with Gasteiger partial charge in [0.05, 0.1) is 0 Å². The number of amides is 1. The van der Waals surface area contributed by atoms with Crippen LogP contribution in [0.5, 0.6) is 0 Å². The molecule has 132 valence electrons. The van der Waals surface area contributed by atoms with Gasteiger partial charge in [0.15, 0.2) is 5.69 Å². The van der Waals surface area contributed by atoms with E-state index in [1.54, 1.807) is 18.2 Å². The van der Waals surface area contributed by atoms with E-state index < -0.39 is 11.2 Å². The molecule has 0 aliphatic heterocycles. The second-order valence-electron chi connectivity index (χ2n) is 5.37. The maximum atomic E-state index is 12.4. The number of aromatic nitrogens is 2. The number of allylic oxidation sites excluding steroid dienone is 3. The molecule has 7 nitrogen and oxygen atoms in total. The fourth-order valence-electron chi connectivity index (χ4n) is 2.27. The molecular weight excluding hydrogens is 308 g/mol. The number of nitrogens with zero attached hydrogens (tertiary/aromatic N) is 2. The predicted molar refractivity (Wildman–Crippen MR) is 97.2 cm³/mol. The van der Waals surface area contributed by atoms with Crippen LogP contribution in [0.4, 0.5) is 11.5 Å². The molecule has 24 heavy (non-hydrogen) atoms. The fraction of sp³-hybridized carbons (Fsp3) is 0.471. The maximum absolute atomic E-state index is 12.4. The summed E-state index contributed by atoms with van der Waals surface area (Å²) >= 11 is 0. The highest BCUT2D eigenvalue weighted by Gasteiger charge is 2.22. The summed E-state index contributed by atoms with van der Waals surface area (Å²) in [6, 6.07) is 0. The van der Waals surface area contributed by atoms with Gasteiger partial charge >= 0.3 is 5.69 Å². The average molecular weight is 334 g/mol. The molecule has 0 spiro atoms. The Labute approximate surface area is 141 Å². The summed E-state index contributed by atoms with van der Waals surface area (Å²) in [6.45, 7) is 6.46. The zero-order valence-electron chi connectivity index (χ0n) is 14.5. The third-order valence-electron chi connectivity index (χ3n) is 3.47. The van der Waals surface area contributed by atoms with Gasteiger partial charge in [0.25, 0.3) is 11.5 Å². The molecule has 0 radical (unpaired) electrons. The molecule has 0 aromatic carbocycles. The minimum absolute atomic E-state index is 0.0263. The number of hydrogen-bond acceptors (Lipinski definition) is 4. The molecule has 0 saturated heterocycles. The lowest BCUT2D eigenvalue weighted by Crippen LogP contribution is -2.41. The second kappa shape index (κ2) is 9.54. The second-order valence-corrected chi connectivity index (χ2v) is 5.37. The van der Waals surface area contributed by atoms with Crippen molar-refractivity contribution in [3.8, 4) is 0 Å². The lowest BCUT2D eigenvalue weighted by molar-refractivity contribution is -0.114. The summed E-state index contributed by atoms with van der Waals surface area (Å²) in [6.07, 6.45) is 8.76. The number of nitrogens with one attached hydrogen (secondary N) is 1. The van der Waals surface area contributed by atoms with Crippen LogP contribution in [0.15, 0.2) is 33.9 Å². The number of anilines is 2. The SMILES string of the molecule is C/C=C/C=C/C(=O)N(CCC)c1c(N)n(CCCC)c(=O)[nH]c1=O. The van der Waals surface area contributed by atoms with Gasteiger partial charge in [-0.15, -0.1) is 0 Å². The molecular formula is C17H26N4O3. The quantitative estimate of drug-likeness (QED) is 0.559. The number of nitrogen functional groups attached to an aromatic ring is 1. The zero-order valence-corrected chi connectivity index (χ0v) is 14.5. The molecule has 1 heterocycles. The molecule has 0 atom stereocenters. The monoisotopic (exact) mass is 334 g/mol. The van der Waals surface area contributed by atoms with Crippen LogP contribution in [-0.4, -0.2) is 22.0 Å². The van der Waals surface area contributed by atoms with Gasteiger partial charge in [-0.1, -0.05) is 38.5 Å². The Balaban J connectivity index is 3.39. The first-order valence-corrected chi connectivity index (χ1v) is 8.21. The van der Waals surface area contributed by atoms with Gasteiger partial charge in [-0.2, -0.15) is 0 Å². The van der Waals surface area contributed by atoms with Crippen molar-refractivity contribution in [3.05, 3.63) is 45.1 Å². The fourth-order valence-corrected chi connectivity index (χ4v) is 2.27. The van der Waals surface area contributed by atoms with Crippen molar-refractivity contribution in [1.82, 2.24) is 9.55 Å². The first-order chi connectivity index (χ1) is 11.5. The van der Waals surface area contributed by atoms with E-state index in [1.165, 1.54) is 15.5 Å². The van der Waals surface area contributed by atoms with Crippen molar-refractivity contribution in [1.29, 1.82) is 0 Å². The van der Waals surface area contributed by atoms with Crippen LogP contribution < -0.4 is 21.9 Å². The summed E-state index contributed by atoms with van der Waals surface area (Å²) in [5.41, 5.74) is 4.89. The first kappa shape index (κ1) is 19.5. The van der Waals surface area contributed by atoms with Crippen LogP contribution in [-0.2, 0) is 11.3 Å². The summed E-state index contributed by atoms with van der Waals surface area (Å²) < 4.78 is 1.31. The van der Waals surface area contributed by atoms with Crippen LogP contribution in [0.2, 0.25) is 0 Å². The molecule has 3 N–H and O–H groups in total. The highest BCUT2D eigenvalue weighted by molar-refractivity contribution is 6.03. The van der Waals surface area contributed by atoms with Crippen molar-refractivity contribution < 1.29 is 4.79 Å². The molecule has 7 heteroatoms. The zero-order chi connectivity index (χ0) is 18.1. The Bertz CT molecular complexity index is 728. The normalized spacial score (nSPS) is 11.5. The smallest absolute Gasteiger partial charge is 0.330 e. The van der Waals surface area contributed by atoms with Gasteiger partial charge in [-0.25, -0.2) is 4.79 Å². The summed E-state index contributed by atoms with van der Waals surface area (Å²) in [5.74, 6) is -0.328. The van der Waals surface area contributed by atoms with Gasteiger partial charge < -0.3 is 10.6 Å². The van der Waals surface area contributed by atoms with E-state index in [0.29, 0.717) is 19.5 Å². The number of aromatic amines is 1. The Morgan fingerprint density at radius 1 is 1.25 bits per heavy atom. The van der Waals surface area contributed by atoms with E-state index in [2.05, 4.69) is 4.98 Å². The van der Waals surface area contributed by atoms with Crippen molar-refractivity contribution in [2.45, 2.75) is 46.6 Å². The van der Waals surface area contributed by atoms with Crippen LogP contribution in [0.25, 0.3) is 0 Å². The van der Waals surface area contributed by atoms with Crippen molar-refractivity contribution in [2.24, 2.45) is 0 Å². The maximum Gasteiger partial charge on any atom is 0.330 e. The molecule has 1 rings (SSSR count). The van der Waals surface area contributed by atoms with Crippen LogP contribution in [0.1, 0.15) is 40.0 Å². The molecule has 0 saturated carbocycles. The molecule has 0 bridgehead atoms. The molecule has 1 aromatic rings. The van der Waals surface area contributed by atoms with E-state index in [9.17, 15) is 14.4 Å². The Morgan fingerprint density at radius 3 is 2.54 bits per heavy atom. The lowest BCUT2D eigenvalue weighted by Gasteiger charge is -2.22. The molecule has 1 aromatic heterocycles. The topological polar surface area (TPSA) is 101 Å². The minimum atomic E-state index is -0.647. The highest BCUT2D eigenvalue weighted by Crippen LogP contribution is 2.18. The summed E-state index contributed by atoms with van der Waals surface area (Å²) in [5, 5.41) is 0. The van der Waals surface area contributed by atoms with Crippen LogP contribution >= 0.6 is 0 Å². The predicted octanol–water partition coefficient (Wildman–Crippen LogP) is 1.79. The van der Waals surface area contributed by atoms with Gasteiger partial charge in [0.1, 0.15) is 5.82 Å². The third kappa shape index (κ3) is 4.71. The van der Waals surface area contributed by atoms with Crippen molar-refractivity contribution >= 4 is 17.4 Å². The van der Waals surface area contributed by atoms with E-state index >= 15 is 0 Å². The van der Waals surface area contributed by atoms with E-state index in [4.69, 9.17) is 5.73 Å². The van der Waals surface area contributed by atoms with Crippen molar-refractivity contribution in [3.63, 3.8) is 0 Å². The number of unbranched alkanes of at least 4 members (excludes halogenated alkanes) is 1. The lowest BCUT2D eigenvalue weighted by atomic mass is 10.3. The van der Waals surface area contributed by atoms with E-state index in [-0.39, 0.29) is 17.4 Å². The third-order valence-corrected chi connectivity index (χ3v) is 3.47. The highest BCUT2D eigenvalue weighted by atomic mass is 16.2.